The summed E-state index contributed by atoms with van der Waals surface area (Å²) in [4.78, 5) is 17.8. The third-order valence-corrected chi connectivity index (χ3v) is 3.49. The smallest absolute Gasteiger partial charge is 0.241 e. The summed E-state index contributed by atoms with van der Waals surface area (Å²) in [6, 6.07) is 5.75. The average Bonchev–Trinajstić information content (AvgIpc) is 2.99. The van der Waals surface area contributed by atoms with Crippen LogP contribution in [0.2, 0.25) is 0 Å². The number of pyridine rings is 1. The maximum atomic E-state index is 11.7. The van der Waals surface area contributed by atoms with Crippen LogP contribution in [0.5, 0.6) is 0 Å². The zero-order chi connectivity index (χ0) is 17.4. The molecule has 0 aliphatic heterocycles. The van der Waals surface area contributed by atoms with Gasteiger partial charge in [-0.2, -0.15) is 0 Å². The molecule has 0 saturated carbocycles. The normalized spacial score (nSPS) is 11.1. The van der Waals surface area contributed by atoms with Crippen LogP contribution in [0.1, 0.15) is 25.6 Å². The number of likely N-dealkylation sites (N-methyl/N-ethyl adjacent to an activating group) is 1. The first-order valence-corrected chi connectivity index (χ1v) is 8.12. The van der Waals surface area contributed by atoms with Crippen LogP contribution in [0, 0.1) is 0 Å². The molecule has 2 heterocycles. The number of hydrogen-bond acceptors (Lipinski definition) is 4. The van der Waals surface area contributed by atoms with Gasteiger partial charge >= 0.3 is 0 Å². The Morgan fingerprint density at radius 2 is 2.08 bits per heavy atom. The van der Waals surface area contributed by atoms with Crippen molar-refractivity contribution in [1.82, 2.24) is 30.1 Å². The zero-order valence-corrected chi connectivity index (χ0v) is 17.2. The Balaban J connectivity index is 0.00000312. The first-order chi connectivity index (χ1) is 11.6. The van der Waals surface area contributed by atoms with Crippen LogP contribution in [0.15, 0.2) is 29.4 Å². The summed E-state index contributed by atoms with van der Waals surface area (Å²) in [6.07, 6.45) is 4.04. The summed E-state index contributed by atoms with van der Waals surface area (Å²) < 4.78 is 1.90. The molecule has 9 heteroatoms. The van der Waals surface area contributed by atoms with E-state index in [1.807, 2.05) is 28.8 Å². The van der Waals surface area contributed by atoms with Crippen LogP contribution >= 0.6 is 24.0 Å². The van der Waals surface area contributed by atoms with E-state index >= 15 is 0 Å². The highest BCUT2D eigenvalue weighted by Crippen LogP contribution is 2.03. The molecule has 2 aromatic rings. The number of carbonyl (C=O) groups is 1. The van der Waals surface area contributed by atoms with Gasteiger partial charge in [0.2, 0.25) is 5.91 Å². The van der Waals surface area contributed by atoms with E-state index in [-0.39, 0.29) is 36.4 Å². The second kappa shape index (κ2) is 10.9. The number of amides is 1. The lowest BCUT2D eigenvalue weighted by Gasteiger charge is -2.14. The van der Waals surface area contributed by atoms with Crippen molar-refractivity contribution >= 4 is 41.5 Å². The summed E-state index contributed by atoms with van der Waals surface area (Å²) in [5.74, 6) is 1.35. The molecule has 2 aromatic heterocycles. The number of nitrogens with one attached hydrogen (secondary N) is 2. The van der Waals surface area contributed by atoms with Gasteiger partial charge in [0.25, 0.3) is 0 Å². The van der Waals surface area contributed by atoms with Crippen LogP contribution in [0.3, 0.4) is 0 Å². The molecule has 8 nitrogen and oxygen atoms in total. The van der Waals surface area contributed by atoms with Gasteiger partial charge in [0, 0.05) is 26.8 Å². The largest absolute Gasteiger partial charge is 0.356 e. The second-order valence-electron chi connectivity index (χ2n) is 5.63. The van der Waals surface area contributed by atoms with Crippen molar-refractivity contribution in [2.75, 3.05) is 27.2 Å². The second-order valence-corrected chi connectivity index (χ2v) is 5.63. The van der Waals surface area contributed by atoms with Gasteiger partial charge in [-0.3, -0.25) is 9.20 Å². The molecule has 0 saturated heterocycles. The summed E-state index contributed by atoms with van der Waals surface area (Å²) in [5.41, 5.74) is 0.791. The van der Waals surface area contributed by atoms with Gasteiger partial charge < -0.3 is 15.5 Å². The van der Waals surface area contributed by atoms with Gasteiger partial charge in [0.1, 0.15) is 6.54 Å². The van der Waals surface area contributed by atoms with E-state index < -0.39 is 0 Å². The molecule has 2 N–H and O–H groups in total. The summed E-state index contributed by atoms with van der Waals surface area (Å²) in [5, 5.41) is 14.6. The summed E-state index contributed by atoms with van der Waals surface area (Å²) in [6.45, 7) is 3.51. The van der Waals surface area contributed by atoms with Crippen molar-refractivity contribution in [1.29, 1.82) is 0 Å². The fourth-order valence-corrected chi connectivity index (χ4v) is 2.02. The van der Waals surface area contributed by atoms with Crippen LogP contribution in [0.4, 0.5) is 0 Å². The molecule has 2 rings (SSSR count). The number of aromatic nitrogens is 3. The molecule has 25 heavy (non-hydrogen) atoms. The Hall–Kier alpha value is -1.91. The SMILES string of the molecule is CCCCNC(=NCc1nnc2ccccn12)NCC(=O)N(C)C.I. The predicted molar refractivity (Wildman–Crippen MR) is 109 cm³/mol. The van der Waals surface area contributed by atoms with Crippen molar-refractivity contribution in [3.63, 3.8) is 0 Å². The standard InChI is InChI=1S/C16H25N7O.HI/c1-4-5-9-17-16(19-12-15(24)22(2)3)18-11-14-21-20-13-8-6-7-10-23(13)14;/h6-8,10H,4-5,9,11-12H2,1-3H3,(H2,17,18,19);1H. The molecular formula is C16H26IN7O. The van der Waals surface area contributed by atoms with Crippen LogP contribution < -0.4 is 10.6 Å². The lowest BCUT2D eigenvalue weighted by molar-refractivity contribution is -0.127. The quantitative estimate of drug-likeness (QED) is 0.282. The van der Waals surface area contributed by atoms with E-state index in [1.165, 1.54) is 0 Å². The lowest BCUT2D eigenvalue weighted by Crippen LogP contribution is -2.43. The maximum absolute atomic E-state index is 11.7. The van der Waals surface area contributed by atoms with E-state index in [2.05, 4.69) is 32.7 Å². The Bertz CT molecular complexity index is 699. The Morgan fingerprint density at radius 1 is 1.28 bits per heavy atom. The monoisotopic (exact) mass is 459 g/mol. The van der Waals surface area contributed by atoms with E-state index in [4.69, 9.17) is 0 Å². The summed E-state index contributed by atoms with van der Waals surface area (Å²) >= 11 is 0. The molecule has 0 spiro atoms. The molecule has 0 unspecified atom stereocenters. The molecule has 1 amide bonds. The number of hydrogen-bond donors (Lipinski definition) is 2. The molecular weight excluding hydrogens is 433 g/mol. The molecule has 0 bridgehead atoms. The number of unbranched alkanes of at least 4 members (excludes halogenated alkanes) is 1. The van der Waals surface area contributed by atoms with Gasteiger partial charge in [-0.15, -0.1) is 34.2 Å². The van der Waals surface area contributed by atoms with Gasteiger partial charge in [-0.1, -0.05) is 19.4 Å². The third kappa shape index (κ3) is 6.48. The van der Waals surface area contributed by atoms with Crippen molar-refractivity contribution in [3.8, 4) is 0 Å². The maximum Gasteiger partial charge on any atom is 0.241 e. The number of fused-ring (bicyclic) bond motifs is 1. The highest BCUT2D eigenvalue weighted by atomic mass is 127. The Morgan fingerprint density at radius 3 is 2.80 bits per heavy atom. The Labute approximate surface area is 165 Å². The number of aliphatic imine (C=N–C) groups is 1. The highest BCUT2D eigenvalue weighted by Gasteiger charge is 2.07. The first kappa shape index (κ1) is 21.1. The number of carbonyl (C=O) groups excluding carboxylic acids is 1. The first-order valence-electron chi connectivity index (χ1n) is 8.12. The zero-order valence-electron chi connectivity index (χ0n) is 14.9. The van der Waals surface area contributed by atoms with Gasteiger partial charge in [-0.25, -0.2) is 4.99 Å². The summed E-state index contributed by atoms with van der Waals surface area (Å²) in [7, 11) is 3.46. The highest BCUT2D eigenvalue weighted by molar-refractivity contribution is 14.0. The molecule has 0 aliphatic rings. The molecule has 0 aromatic carbocycles. The van der Waals surface area contributed by atoms with Crippen LogP contribution in [-0.2, 0) is 11.3 Å². The van der Waals surface area contributed by atoms with Crippen molar-refractivity contribution < 1.29 is 4.79 Å². The van der Waals surface area contributed by atoms with Gasteiger partial charge in [0.05, 0.1) is 6.54 Å². The molecule has 138 valence electrons. The van der Waals surface area contributed by atoms with E-state index in [0.29, 0.717) is 12.5 Å². The van der Waals surface area contributed by atoms with Crippen molar-refractivity contribution in [2.45, 2.75) is 26.3 Å². The van der Waals surface area contributed by atoms with Gasteiger partial charge in [-0.05, 0) is 18.6 Å². The number of halogens is 1. The van der Waals surface area contributed by atoms with E-state index in [0.717, 1.165) is 30.9 Å². The predicted octanol–water partition coefficient (Wildman–Crippen LogP) is 1.27. The fourth-order valence-electron chi connectivity index (χ4n) is 2.02. The number of nitrogens with zero attached hydrogens (tertiary/aromatic N) is 5. The fraction of sp³-hybridized carbons (Fsp3) is 0.500. The number of guanidine groups is 1. The lowest BCUT2D eigenvalue weighted by atomic mass is 10.3. The molecule has 0 aliphatic carbocycles. The van der Waals surface area contributed by atoms with Crippen LogP contribution in [0.25, 0.3) is 5.65 Å². The van der Waals surface area contributed by atoms with E-state index in [9.17, 15) is 4.79 Å². The van der Waals surface area contributed by atoms with Crippen LogP contribution in [-0.4, -0.2) is 58.5 Å². The van der Waals surface area contributed by atoms with E-state index in [1.54, 1.807) is 19.0 Å². The molecule has 0 fully saturated rings. The topological polar surface area (TPSA) is 86.9 Å². The Kier molecular flexibility index (Phi) is 9.17. The molecule has 0 atom stereocenters. The van der Waals surface area contributed by atoms with Gasteiger partial charge in [0.15, 0.2) is 17.4 Å². The number of rotatable bonds is 7. The minimum Gasteiger partial charge on any atom is -0.356 e. The van der Waals surface area contributed by atoms with Crippen molar-refractivity contribution in [3.05, 3.63) is 30.2 Å². The minimum atomic E-state index is -0.00656. The molecule has 0 radical (unpaired) electrons. The average molecular weight is 459 g/mol. The minimum absolute atomic E-state index is 0. The van der Waals surface area contributed by atoms with Crippen molar-refractivity contribution in [2.24, 2.45) is 4.99 Å². The third-order valence-electron chi connectivity index (χ3n) is 3.49.